The molecule has 1 aromatic heterocycles. The van der Waals surface area contributed by atoms with Gasteiger partial charge < -0.3 is 0 Å². The molecule has 1 fully saturated rings. The van der Waals surface area contributed by atoms with E-state index in [1.54, 1.807) is 4.68 Å². The molecule has 2 rings (SSSR count). The Hall–Kier alpha value is -1.12. The second-order valence-corrected chi connectivity index (χ2v) is 5.60. The Bertz CT molecular complexity index is 378. The average Bonchev–Trinajstić information content (AvgIpc) is 2.81. The molecule has 100 valence electrons. The molecule has 1 aromatic rings. The highest BCUT2D eigenvalue weighted by molar-refractivity contribution is 5.78. The molecule has 3 heteroatoms. The van der Waals surface area contributed by atoms with Gasteiger partial charge in [0.05, 0.1) is 6.20 Å². The molecular formula is C15H24N2O. The summed E-state index contributed by atoms with van der Waals surface area (Å²) >= 11 is 0. The molecule has 0 radical (unpaired) electrons. The minimum Gasteiger partial charge on any atom is -0.300 e. The van der Waals surface area contributed by atoms with Gasteiger partial charge in [-0.25, -0.2) is 0 Å². The summed E-state index contributed by atoms with van der Waals surface area (Å²) in [5.74, 6) is 1.24. The van der Waals surface area contributed by atoms with Crippen LogP contribution in [0.25, 0.3) is 0 Å². The van der Waals surface area contributed by atoms with Crippen molar-refractivity contribution >= 4 is 5.78 Å². The van der Waals surface area contributed by atoms with E-state index in [4.69, 9.17) is 0 Å². The van der Waals surface area contributed by atoms with Crippen LogP contribution in [0.15, 0.2) is 12.4 Å². The van der Waals surface area contributed by atoms with Crippen LogP contribution < -0.4 is 0 Å². The van der Waals surface area contributed by atoms with E-state index < -0.39 is 0 Å². The van der Waals surface area contributed by atoms with Gasteiger partial charge in [0.1, 0.15) is 5.78 Å². The van der Waals surface area contributed by atoms with Gasteiger partial charge in [0.2, 0.25) is 0 Å². The normalized spacial score (nSPS) is 16.9. The Kier molecular flexibility index (Phi) is 4.97. The first-order chi connectivity index (χ1) is 8.74. The lowest BCUT2D eigenvalue weighted by Gasteiger charge is -2.20. The van der Waals surface area contributed by atoms with Crippen LogP contribution in [0, 0.1) is 5.92 Å². The van der Waals surface area contributed by atoms with Gasteiger partial charge in [0, 0.05) is 26.1 Å². The number of carbonyl (C=O) groups excluding carboxylic acids is 1. The fourth-order valence-corrected chi connectivity index (χ4v) is 2.85. The van der Waals surface area contributed by atoms with Crippen LogP contribution in [0.3, 0.4) is 0 Å². The molecule has 0 amide bonds. The second kappa shape index (κ2) is 6.72. The fraction of sp³-hybridized carbons (Fsp3) is 0.733. The highest BCUT2D eigenvalue weighted by Gasteiger charge is 2.14. The molecule has 1 aliphatic carbocycles. The van der Waals surface area contributed by atoms with E-state index in [-0.39, 0.29) is 0 Å². The van der Waals surface area contributed by atoms with Gasteiger partial charge in [-0.05, 0) is 24.3 Å². The zero-order valence-corrected chi connectivity index (χ0v) is 11.4. The van der Waals surface area contributed by atoms with Gasteiger partial charge >= 0.3 is 0 Å². The molecule has 0 saturated heterocycles. The van der Waals surface area contributed by atoms with Crippen LogP contribution in [-0.2, 0) is 18.3 Å². The fourth-order valence-electron chi connectivity index (χ4n) is 2.85. The molecule has 0 atom stereocenters. The third-order valence-corrected chi connectivity index (χ3v) is 4.01. The van der Waals surface area contributed by atoms with Gasteiger partial charge in [0.15, 0.2) is 0 Å². The van der Waals surface area contributed by atoms with E-state index in [0.29, 0.717) is 12.2 Å². The Balaban J connectivity index is 1.62. The lowest BCUT2D eigenvalue weighted by atomic mass is 9.85. The Morgan fingerprint density at radius 3 is 2.78 bits per heavy atom. The minimum atomic E-state index is 0.421. The van der Waals surface area contributed by atoms with Crippen molar-refractivity contribution in [3.63, 3.8) is 0 Å². The number of aryl methyl sites for hydroxylation is 2. The zero-order chi connectivity index (χ0) is 12.8. The molecule has 1 heterocycles. The molecule has 18 heavy (non-hydrogen) atoms. The molecule has 1 aliphatic rings. The number of ketones is 1. The summed E-state index contributed by atoms with van der Waals surface area (Å²) in [7, 11) is 1.91. The number of nitrogens with zero attached hydrogens (tertiary/aromatic N) is 2. The smallest absolute Gasteiger partial charge is 0.133 e. The van der Waals surface area contributed by atoms with Gasteiger partial charge in [0.25, 0.3) is 0 Å². The summed E-state index contributed by atoms with van der Waals surface area (Å²) in [6.45, 7) is 0. The summed E-state index contributed by atoms with van der Waals surface area (Å²) in [6.07, 6.45) is 14.1. The summed E-state index contributed by atoms with van der Waals surface area (Å²) in [5, 5.41) is 4.12. The molecule has 0 bridgehead atoms. The second-order valence-electron chi connectivity index (χ2n) is 5.60. The maximum atomic E-state index is 11.8. The molecule has 0 aliphatic heterocycles. The highest BCUT2D eigenvalue weighted by Crippen LogP contribution is 2.27. The van der Waals surface area contributed by atoms with Crippen LogP contribution in [-0.4, -0.2) is 15.6 Å². The molecule has 0 aromatic carbocycles. The summed E-state index contributed by atoms with van der Waals surface area (Å²) in [4.78, 5) is 11.8. The Morgan fingerprint density at radius 1 is 1.33 bits per heavy atom. The molecule has 1 saturated carbocycles. The van der Waals surface area contributed by atoms with Crippen molar-refractivity contribution in [1.82, 2.24) is 9.78 Å². The number of rotatable bonds is 6. The molecule has 3 nitrogen and oxygen atoms in total. The number of hydrogen-bond donors (Lipinski definition) is 0. The Morgan fingerprint density at radius 2 is 2.11 bits per heavy atom. The number of hydrogen-bond acceptors (Lipinski definition) is 2. The van der Waals surface area contributed by atoms with Gasteiger partial charge in [-0.1, -0.05) is 32.1 Å². The van der Waals surface area contributed by atoms with Crippen molar-refractivity contribution in [2.75, 3.05) is 0 Å². The SMILES string of the molecule is Cn1cc(CCC(=O)CCC2CCCCC2)cn1. The predicted octanol–water partition coefficient (Wildman–Crippen LogP) is 3.28. The van der Waals surface area contributed by atoms with E-state index in [2.05, 4.69) is 5.10 Å². The first-order valence-corrected chi connectivity index (χ1v) is 7.23. The molecular weight excluding hydrogens is 224 g/mol. The van der Waals surface area contributed by atoms with Crippen LogP contribution >= 0.6 is 0 Å². The summed E-state index contributed by atoms with van der Waals surface area (Å²) < 4.78 is 1.79. The van der Waals surface area contributed by atoms with Crippen LogP contribution in [0.2, 0.25) is 0 Å². The van der Waals surface area contributed by atoms with Crippen LogP contribution in [0.4, 0.5) is 0 Å². The summed E-state index contributed by atoms with van der Waals surface area (Å²) in [6, 6.07) is 0. The molecule has 0 spiro atoms. The van der Waals surface area contributed by atoms with Crippen molar-refractivity contribution in [2.24, 2.45) is 13.0 Å². The number of Topliss-reactive ketones (excluding diaryl/α,β-unsaturated/α-hetero) is 1. The number of carbonyl (C=O) groups is 1. The lowest BCUT2D eigenvalue weighted by molar-refractivity contribution is -0.119. The standard InChI is InChI=1S/C15H24N2O/c1-17-12-14(11-16-17)8-10-15(18)9-7-13-5-3-2-4-6-13/h11-13H,2-10H2,1H3. The maximum absolute atomic E-state index is 11.8. The molecule has 0 unspecified atom stereocenters. The Labute approximate surface area is 110 Å². The van der Waals surface area contributed by atoms with E-state index in [0.717, 1.165) is 25.2 Å². The van der Waals surface area contributed by atoms with E-state index >= 15 is 0 Å². The topological polar surface area (TPSA) is 34.9 Å². The monoisotopic (exact) mass is 248 g/mol. The van der Waals surface area contributed by atoms with Gasteiger partial charge in [-0.2, -0.15) is 5.10 Å². The van der Waals surface area contributed by atoms with Crippen molar-refractivity contribution in [2.45, 2.75) is 57.8 Å². The quantitative estimate of drug-likeness (QED) is 0.774. The zero-order valence-electron chi connectivity index (χ0n) is 11.4. The van der Waals surface area contributed by atoms with Crippen LogP contribution in [0.5, 0.6) is 0 Å². The third kappa shape index (κ3) is 4.28. The number of aromatic nitrogens is 2. The average molecular weight is 248 g/mol. The van der Waals surface area contributed by atoms with Gasteiger partial charge in [-0.15, -0.1) is 0 Å². The van der Waals surface area contributed by atoms with Gasteiger partial charge in [-0.3, -0.25) is 9.48 Å². The first kappa shape index (κ1) is 13.3. The van der Waals surface area contributed by atoms with Crippen molar-refractivity contribution < 1.29 is 4.79 Å². The minimum absolute atomic E-state index is 0.421. The van der Waals surface area contributed by atoms with E-state index in [9.17, 15) is 4.79 Å². The lowest BCUT2D eigenvalue weighted by Crippen LogP contribution is -2.09. The highest BCUT2D eigenvalue weighted by atomic mass is 16.1. The largest absolute Gasteiger partial charge is 0.300 e. The molecule has 0 N–H and O–H groups in total. The summed E-state index contributed by atoms with van der Waals surface area (Å²) in [5.41, 5.74) is 1.17. The van der Waals surface area contributed by atoms with E-state index in [1.165, 1.54) is 37.7 Å². The van der Waals surface area contributed by atoms with Crippen molar-refractivity contribution in [3.05, 3.63) is 18.0 Å². The van der Waals surface area contributed by atoms with E-state index in [1.807, 2.05) is 19.4 Å². The third-order valence-electron chi connectivity index (χ3n) is 4.01. The van der Waals surface area contributed by atoms with Crippen LogP contribution in [0.1, 0.15) is 56.9 Å². The predicted molar refractivity (Wildman–Crippen MR) is 72.3 cm³/mol. The first-order valence-electron chi connectivity index (χ1n) is 7.23. The van der Waals surface area contributed by atoms with Crippen molar-refractivity contribution in [1.29, 1.82) is 0 Å². The maximum Gasteiger partial charge on any atom is 0.133 e. The van der Waals surface area contributed by atoms with Crippen molar-refractivity contribution in [3.8, 4) is 0 Å².